The van der Waals surface area contributed by atoms with Gasteiger partial charge in [-0.05, 0) is 47.5 Å². The summed E-state index contributed by atoms with van der Waals surface area (Å²) in [6.07, 6.45) is -4.80. The number of anilines is 1. The molecular weight excluding hydrogens is 495 g/mol. The van der Waals surface area contributed by atoms with Crippen LogP contribution in [0.2, 0.25) is 0 Å². The van der Waals surface area contributed by atoms with Gasteiger partial charge in [0.2, 0.25) is 0 Å². The van der Waals surface area contributed by atoms with Gasteiger partial charge in [0.1, 0.15) is 0 Å². The fourth-order valence-electron chi connectivity index (χ4n) is 2.53. The van der Waals surface area contributed by atoms with Crippen molar-refractivity contribution >= 4 is 43.4 Å². The predicted molar refractivity (Wildman–Crippen MR) is 102 cm³/mol. The molecule has 1 N–H and O–H groups in total. The molecule has 160 valence electrons. The first-order valence-corrected chi connectivity index (χ1v) is 10.3. The molecule has 3 rings (SSSR count). The molecule has 0 spiro atoms. The number of carbonyl (C=O) groups excluding carboxylic acids is 1. The van der Waals surface area contributed by atoms with Crippen LogP contribution in [-0.4, -0.2) is 41.1 Å². The SMILES string of the molecule is COC(=O)c1ccc(C)c(NS(=O)(=O)c2nc3nc(C)cc(C(F)(F)F)n3n2)c1Br. The third kappa shape index (κ3) is 3.96. The van der Waals surface area contributed by atoms with Crippen LogP contribution in [0.3, 0.4) is 0 Å². The van der Waals surface area contributed by atoms with E-state index in [1.807, 2.05) is 0 Å². The van der Waals surface area contributed by atoms with Crippen molar-refractivity contribution in [2.75, 3.05) is 11.8 Å². The number of sulfonamides is 1. The average molecular weight is 508 g/mol. The van der Waals surface area contributed by atoms with Crippen LogP contribution in [0.25, 0.3) is 5.78 Å². The number of benzene rings is 1. The van der Waals surface area contributed by atoms with E-state index in [0.717, 1.165) is 13.2 Å². The van der Waals surface area contributed by atoms with E-state index in [9.17, 15) is 26.4 Å². The van der Waals surface area contributed by atoms with Crippen LogP contribution in [0.1, 0.15) is 27.3 Å². The molecular formula is C16H13BrF3N5O4S. The molecule has 2 aromatic heterocycles. The van der Waals surface area contributed by atoms with Crippen molar-refractivity contribution < 1.29 is 31.1 Å². The number of methoxy groups -OCH3 is 1. The van der Waals surface area contributed by atoms with Crippen molar-refractivity contribution in [3.05, 3.63) is 45.2 Å². The Hall–Kier alpha value is -2.74. The highest BCUT2D eigenvalue weighted by Gasteiger charge is 2.36. The highest BCUT2D eigenvalue weighted by molar-refractivity contribution is 9.10. The number of nitrogens with zero attached hydrogens (tertiary/aromatic N) is 4. The van der Waals surface area contributed by atoms with E-state index in [4.69, 9.17) is 0 Å². The van der Waals surface area contributed by atoms with Gasteiger partial charge in [-0.15, -0.1) is 5.10 Å². The maximum absolute atomic E-state index is 13.3. The van der Waals surface area contributed by atoms with E-state index in [-0.39, 0.29) is 21.4 Å². The van der Waals surface area contributed by atoms with E-state index in [1.54, 1.807) is 6.92 Å². The number of hydrogen-bond donors (Lipinski definition) is 1. The molecule has 2 heterocycles. The van der Waals surface area contributed by atoms with Gasteiger partial charge in [0.25, 0.3) is 21.0 Å². The highest BCUT2D eigenvalue weighted by Crippen LogP contribution is 2.33. The first-order chi connectivity index (χ1) is 13.8. The maximum Gasteiger partial charge on any atom is 0.433 e. The maximum atomic E-state index is 13.3. The minimum atomic E-state index is -4.80. The van der Waals surface area contributed by atoms with Gasteiger partial charge < -0.3 is 4.74 Å². The van der Waals surface area contributed by atoms with Crippen LogP contribution in [0.4, 0.5) is 18.9 Å². The standard InChI is InChI=1S/C16H13BrF3N5O4S/c1-7-4-5-9(13(26)29-3)11(17)12(7)24-30(27,28)15-22-14-21-8(2)6-10(16(18,19)20)25(14)23-15/h4-6,24H,1-3H3. The lowest BCUT2D eigenvalue weighted by molar-refractivity contribution is -0.142. The Balaban J connectivity index is 2.12. The summed E-state index contributed by atoms with van der Waals surface area (Å²) in [6, 6.07) is 3.62. The van der Waals surface area contributed by atoms with E-state index in [0.29, 0.717) is 10.1 Å². The molecule has 0 aliphatic rings. The molecule has 9 nitrogen and oxygen atoms in total. The van der Waals surface area contributed by atoms with E-state index < -0.39 is 38.8 Å². The molecule has 0 aliphatic carbocycles. The van der Waals surface area contributed by atoms with Crippen LogP contribution < -0.4 is 4.72 Å². The third-order valence-corrected chi connectivity index (χ3v) is 5.89. The van der Waals surface area contributed by atoms with Gasteiger partial charge >= 0.3 is 12.1 Å². The Labute approximate surface area is 176 Å². The van der Waals surface area contributed by atoms with Crippen molar-refractivity contribution in [3.63, 3.8) is 0 Å². The van der Waals surface area contributed by atoms with Crippen molar-refractivity contribution in [2.24, 2.45) is 0 Å². The van der Waals surface area contributed by atoms with Gasteiger partial charge in [-0.2, -0.15) is 31.1 Å². The summed E-state index contributed by atoms with van der Waals surface area (Å²) >= 11 is 3.15. The van der Waals surface area contributed by atoms with Crippen LogP contribution in [0, 0.1) is 13.8 Å². The molecule has 0 saturated carbocycles. The lowest BCUT2D eigenvalue weighted by Gasteiger charge is -2.13. The number of esters is 1. The van der Waals surface area contributed by atoms with Gasteiger partial charge in [0.15, 0.2) is 5.69 Å². The Morgan fingerprint density at radius 3 is 2.50 bits per heavy atom. The minimum Gasteiger partial charge on any atom is -0.465 e. The Morgan fingerprint density at radius 1 is 1.23 bits per heavy atom. The lowest BCUT2D eigenvalue weighted by Crippen LogP contribution is -2.17. The number of aryl methyl sites for hydroxylation is 2. The number of rotatable bonds is 4. The molecule has 30 heavy (non-hydrogen) atoms. The smallest absolute Gasteiger partial charge is 0.433 e. The van der Waals surface area contributed by atoms with Gasteiger partial charge in [-0.1, -0.05) is 6.07 Å². The molecule has 0 bridgehead atoms. The summed E-state index contributed by atoms with van der Waals surface area (Å²) in [5.41, 5.74) is -0.781. The zero-order chi connectivity index (χ0) is 22.4. The third-order valence-electron chi connectivity index (χ3n) is 3.94. The van der Waals surface area contributed by atoms with Gasteiger partial charge in [-0.25, -0.2) is 9.78 Å². The second kappa shape index (κ2) is 7.50. The number of carbonyl (C=O) groups is 1. The molecule has 14 heteroatoms. The Morgan fingerprint density at radius 2 is 1.90 bits per heavy atom. The monoisotopic (exact) mass is 507 g/mol. The fraction of sp³-hybridized carbons (Fsp3) is 0.250. The zero-order valence-corrected chi connectivity index (χ0v) is 18.0. The highest BCUT2D eigenvalue weighted by atomic mass is 79.9. The van der Waals surface area contributed by atoms with Crippen molar-refractivity contribution in [1.82, 2.24) is 19.6 Å². The molecule has 0 amide bonds. The molecule has 0 unspecified atom stereocenters. The number of hydrogen-bond acceptors (Lipinski definition) is 7. The lowest BCUT2D eigenvalue weighted by atomic mass is 10.1. The summed E-state index contributed by atoms with van der Waals surface area (Å²) in [5.74, 6) is -1.25. The predicted octanol–water partition coefficient (Wildman–Crippen LogP) is 3.11. The Kier molecular flexibility index (Phi) is 5.49. The van der Waals surface area contributed by atoms with Crippen LogP contribution in [0.5, 0.6) is 0 Å². The van der Waals surface area contributed by atoms with E-state index >= 15 is 0 Å². The Bertz CT molecular complexity index is 1270. The molecule has 1 aromatic carbocycles. The first kappa shape index (κ1) is 22.0. The molecule has 3 aromatic rings. The number of alkyl halides is 3. The summed E-state index contributed by atoms with van der Waals surface area (Å²) in [6.45, 7) is 2.88. The van der Waals surface area contributed by atoms with E-state index in [2.05, 4.69) is 40.5 Å². The van der Waals surface area contributed by atoms with Gasteiger partial charge in [0.05, 0.1) is 22.8 Å². The molecule has 0 radical (unpaired) electrons. The average Bonchev–Trinajstić information content (AvgIpc) is 3.08. The van der Waals surface area contributed by atoms with Crippen LogP contribution >= 0.6 is 15.9 Å². The van der Waals surface area contributed by atoms with Gasteiger partial charge in [0, 0.05) is 5.69 Å². The summed E-state index contributed by atoms with van der Waals surface area (Å²) in [7, 11) is -3.37. The summed E-state index contributed by atoms with van der Waals surface area (Å²) in [4.78, 5) is 19.3. The van der Waals surface area contributed by atoms with Crippen LogP contribution in [-0.2, 0) is 20.9 Å². The summed E-state index contributed by atoms with van der Waals surface area (Å²) < 4.78 is 72.6. The largest absolute Gasteiger partial charge is 0.465 e. The minimum absolute atomic E-state index is 0.0106. The van der Waals surface area contributed by atoms with Crippen LogP contribution in [0.15, 0.2) is 27.8 Å². The van der Waals surface area contributed by atoms with E-state index in [1.165, 1.54) is 19.1 Å². The first-order valence-electron chi connectivity index (χ1n) is 8.07. The number of nitrogens with one attached hydrogen (secondary N) is 1. The van der Waals surface area contributed by atoms with Crippen molar-refractivity contribution in [2.45, 2.75) is 25.2 Å². The number of fused-ring (bicyclic) bond motifs is 1. The number of halogens is 4. The summed E-state index contributed by atoms with van der Waals surface area (Å²) in [5, 5.41) is 2.57. The van der Waals surface area contributed by atoms with Crippen molar-refractivity contribution in [1.29, 1.82) is 0 Å². The fourth-order valence-corrected chi connectivity index (χ4v) is 4.38. The second-order valence-corrected chi connectivity index (χ2v) is 8.47. The molecule has 0 atom stereocenters. The van der Waals surface area contributed by atoms with Crippen molar-refractivity contribution in [3.8, 4) is 0 Å². The van der Waals surface area contributed by atoms with Gasteiger partial charge in [-0.3, -0.25) is 4.72 Å². The number of aromatic nitrogens is 4. The topological polar surface area (TPSA) is 116 Å². The molecule has 0 saturated heterocycles. The second-order valence-electron chi connectivity index (χ2n) is 6.10. The molecule has 0 aliphatic heterocycles. The number of ether oxygens (including phenoxy) is 1. The normalized spacial score (nSPS) is 12.2. The zero-order valence-electron chi connectivity index (χ0n) is 15.6. The quantitative estimate of drug-likeness (QED) is 0.539. The molecule has 0 fully saturated rings.